The minimum absolute atomic E-state index is 0.110. The van der Waals surface area contributed by atoms with Crippen LogP contribution < -0.4 is 11.2 Å². The number of nitrogens with one attached hydrogen (secondary N) is 1. The number of hydrogen-bond donors (Lipinski definition) is 2. The molecule has 108 valence electrons. The van der Waals surface area contributed by atoms with Crippen molar-refractivity contribution in [3.63, 3.8) is 0 Å². The molecule has 1 aromatic heterocycles. The SMILES string of the molecule is C=C/C=C(\C=C/C)c1ccc(/C=N/NC(N)=S)o1.CC. The van der Waals surface area contributed by atoms with Crippen LogP contribution in [0, 0.1) is 0 Å². The van der Waals surface area contributed by atoms with Crippen LogP contribution in [-0.2, 0) is 0 Å². The first kappa shape index (κ1) is 17.9. The Morgan fingerprint density at radius 2 is 2.15 bits per heavy atom. The molecule has 0 spiro atoms. The van der Waals surface area contributed by atoms with Gasteiger partial charge in [0, 0.05) is 5.57 Å². The Hall–Kier alpha value is -2.14. The smallest absolute Gasteiger partial charge is 0.184 e. The maximum Gasteiger partial charge on any atom is 0.184 e. The normalized spacial score (nSPS) is 11.2. The Labute approximate surface area is 125 Å². The van der Waals surface area contributed by atoms with Crippen LogP contribution in [0.2, 0.25) is 0 Å². The second-order valence-corrected chi connectivity index (χ2v) is 3.73. The van der Waals surface area contributed by atoms with E-state index in [0.29, 0.717) is 5.76 Å². The van der Waals surface area contributed by atoms with E-state index in [2.05, 4.69) is 29.3 Å². The molecule has 0 saturated heterocycles. The van der Waals surface area contributed by atoms with E-state index in [0.717, 1.165) is 11.3 Å². The molecule has 0 amide bonds. The molecule has 4 nitrogen and oxygen atoms in total. The van der Waals surface area contributed by atoms with Crippen LogP contribution in [0.5, 0.6) is 0 Å². The van der Waals surface area contributed by atoms with E-state index in [1.54, 1.807) is 12.1 Å². The average molecular weight is 291 g/mol. The molecule has 0 fully saturated rings. The molecule has 1 rings (SSSR count). The lowest BCUT2D eigenvalue weighted by Gasteiger charge is -1.95. The number of thiocarbonyl (C=S) groups is 1. The van der Waals surface area contributed by atoms with Gasteiger partial charge >= 0.3 is 0 Å². The zero-order valence-electron chi connectivity index (χ0n) is 12.1. The van der Waals surface area contributed by atoms with Gasteiger partial charge in [-0.05, 0) is 31.3 Å². The number of furan rings is 1. The second-order valence-electron chi connectivity index (χ2n) is 3.29. The Morgan fingerprint density at radius 1 is 1.45 bits per heavy atom. The zero-order chi connectivity index (χ0) is 15.4. The average Bonchev–Trinajstić information content (AvgIpc) is 2.89. The fraction of sp³-hybridized carbons (Fsp3) is 0.200. The van der Waals surface area contributed by atoms with Gasteiger partial charge in [-0.2, -0.15) is 5.10 Å². The monoisotopic (exact) mass is 291 g/mol. The van der Waals surface area contributed by atoms with Crippen molar-refractivity contribution in [3.8, 4) is 0 Å². The summed E-state index contributed by atoms with van der Waals surface area (Å²) < 4.78 is 5.59. The highest BCUT2D eigenvalue weighted by Crippen LogP contribution is 2.18. The number of hydrazone groups is 1. The van der Waals surface area contributed by atoms with Crippen molar-refractivity contribution in [2.45, 2.75) is 20.8 Å². The van der Waals surface area contributed by atoms with Crippen molar-refractivity contribution in [1.29, 1.82) is 0 Å². The van der Waals surface area contributed by atoms with Crippen LogP contribution in [0.4, 0.5) is 0 Å². The molecule has 0 aliphatic heterocycles. The van der Waals surface area contributed by atoms with Gasteiger partial charge in [-0.1, -0.05) is 44.7 Å². The molecule has 0 aromatic carbocycles. The molecule has 0 aliphatic rings. The molecule has 0 radical (unpaired) electrons. The summed E-state index contributed by atoms with van der Waals surface area (Å²) in [7, 11) is 0. The Bertz CT molecular complexity index is 513. The van der Waals surface area contributed by atoms with Crippen LogP contribution in [0.3, 0.4) is 0 Å². The van der Waals surface area contributed by atoms with E-state index in [1.165, 1.54) is 6.21 Å². The van der Waals surface area contributed by atoms with E-state index in [1.807, 2.05) is 45.1 Å². The Kier molecular flexibility index (Phi) is 9.60. The third-order valence-corrected chi connectivity index (χ3v) is 2.01. The van der Waals surface area contributed by atoms with Crippen molar-refractivity contribution in [2.24, 2.45) is 10.8 Å². The van der Waals surface area contributed by atoms with Gasteiger partial charge in [0.2, 0.25) is 0 Å². The van der Waals surface area contributed by atoms with Crippen molar-refractivity contribution in [3.05, 3.63) is 54.5 Å². The van der Waals surface area contributed by atoms with Crippen LogP contribution in [-0.4, -0.2) is 11.3 Å². The molecule has 0 aliphatic carbocycles. The van der Waals surface area contributed by atoms with Crippen LogP contribution in [0.1, 0.15) is 32.3 Å². The highest BCUT2D eigenvalue weighted by Gasteiger charge is 2.02. The standard InChI is InChI=1S/C13H15N3OS.C2H6/c1-3-5-10(6-4-2)12-8-7-11(17-12)9-15-16-13(14)18;1-2/h3-9H,1H2,2H3,(H3,14,16,18);1-2H3/b6-4-,10-5+,15-9+;. The minimum atomic E-state index is 0.110. The highest BCUT2D eigenvalue weighted by atomic mass is 32.1. The lowest BCUT2D eigenvalue weighted by molar-refractivity contribution is 0.547. The summed E-state index contributed by atoms with van der Waals surface area (Å²) in [5.41, 5.74) is 8.63. The predicted molar refractivity (Wildman–Crippen MR) is 90.6 cm³/mol. The highest BCUT2D eigenvalue weighted by molar-refractivity contribution is 7.80. The van der Waals surface area contributed by atoms with E-state index in [9.17, 15) is 0 Å². The fourth-order valence-electron chi connectivity index (χ4n) is 1.26. The van der Waals surface area contributed by atoms with Gasteiger partial charge in [0.05, 0.1) is 6.21 Å². The molecule has 3 N–H and O–H groups in total. The van der Waals surface area contributed by atoms with Crippen molar-refractivity contribution in [2.75, 3.05) is 0 Å². The van der Waals surface area contributed by atoms with Gasteiger partial charge in [0.1, 0.15) is 11.5 Å². The summed E-state index contributed by atoms with van der Waals surface area (Å²) >= 11 is 4.62. The summed E-state index contributed by atoms with van der Waals surface area (Å²) in [5, 5.41) is 3.92. The van der Waals surface area contributed by atoms with E-state index >= 15 is 0 Å². The number of hydrogen-bond acceptors (Lipinski definition) is 3. The lowest BCUT2D eigenvalue weighted by Crippen LogP contribution is -2.23. The summed E-state index contributed by atoms with van der Waals surface area (Å²) in [6.45, 7) is 9.61. The van der Waals surface area contributed by atoms with Gasteiger partial charge in [0.15, 0.2) is 5.11 Å². The molecular weight excluding hydrogens is 270 g/mol. The van der Waals surface area contributed by atoms with Crippen LogP contribution in [0.15, 0.2) is 52.5 Å². The van der Waals surface area contributed by atoms with E-state index < -0.39 is 0 Å². The van der Waals surface area contributed by atoms with Crippen LogP contribution in [0.25, 0.3) is 5.57 Å². The molecule has 0 bridgehead atoms. The third kappa shape index (κ3) is 6.70. The number of nitrogens with zero attached hydrogens (tertiary/aromatic N) is 1. The summed E-state index contributed by atoms with van der Waals surface area (Å²) in [6, 6.07) is 3.66. The largest absolute Gasteiger partial charge is 0.455 e. The van der Waals surface area contributed by atoms with E-state index in [4.69, 9.17) is 10.2 Å². The molecule has 0 unspecified atom stereocenters. The molecule has 20 heavy (non-hydrogen) atoms. The Morgan fingerprint density at radius 3 is 2.70 bits per heavy atom. The van der Waals surface area contributed by atoms with Crippen molar-refractivity contribution in [1.82, 2.24) is 5.43 Å². The van der Waals surface area contributed by atoms with Crippen molar-refractivity contribution >= 4 is 29.1 Å². The first-order chi connectivity index (χ1) is 9.67. The van der Waals surface area contributed by atoms with E-state index in [-0.39, 0.29) is 5.11 Å². The first-order valence-corrected chi connectivity index (χ1v) is 6.72. The lowest BCUT2D eigenvalue weighted by atomic mass is 10.2. The molecular formula is C15H21N3OS. The van der Waals surface area contributed by atoms with Gasteiger partial charge in [-0.25, -0.2) is 0 Å². The molecule has 1 heterocycles. The quantitative estimate of drug-likeness (QED) is 0.376. The maximum atomic E-state index is 5.59. The Balaban J connectivity index is 0.00000172. The number of allylic oxidation sites excluding steroid dienone is 5. The summed E-state index contributed by atoms with van der Waals surface area (Å²) in [4.78, 5) is 0. The van der Waals surface area contributed by atoms with Crippen LogP contribution >= 0.6 is 12.2 Å². The molecule has 1 aromatic rings. The summed E-state index contributed by atoms with van der Waals surface area (Å²) in [6.07, 6.45) is 8.95. The second kappa shape index (κ2) is 10.8. The summed E-state index contributed by atoms with van der Waals surface area (Å²) in [5.74, 6) is 1.35. The zero-order valence-corrected chi connectivity index (χ0v) is 12.9. The maximum absolute atomic E-state index is 5.59. The predicted octanol–water partition coefficient (Wildman–Crippen LogP) is 3.62. The molecule has 5 heteroatoms. The first-order valence-electron chi connectivity index (χ1n) is 6.31. The molecule has 0 atom stereocenters. The van der Waals surface area contributed by atoms with Gasteiger partial charge in [-0.3, -0.25) is 5.43 Å². The van der Waals surface area contributed by atoms with Gasteiger partial charge in [-0.15, -0.1) is 0 Å². The number of nitrogens with two attached hydrogens (primary N) is 1. The molecule has 0 saturated carbocycles. The minimum Gasteiger partial charge on any atom is -0.455 e. The van der Waals surface area contributed by atoms with Crippen molar-refractivity contribution < 1.29 is 4.42 Å². The van der Waals surface area contributed by atoms with Gasteiger partial charge < -0.3 is 10.2 Å². The van der Waals surface area contributed by atoms with Gasteiger partial charge in [0.25, 0.3) is 0 Å². The number of rotatable bonds is 5. The fourth-order valence-corrected chi connectivity index (χ4v) is 1.32. The topological polar surface area (TPSA) is 63.5 Å². The third-order valence-electron chi connectivity index (χ3n) is 1.92.